The highest BCUT2D eigenvalue weighted by Crippen LogP contribution is 2.23. The number of nitrogens with zero attached hydrogens (tertiary/aromatic N) is 3. The number of hydrogen-bond acceptors (Lipinski definition) is 4. The lowest BCUT2D eigenvalue weighted by Crippen LogP contribution is -2.36. The molecule has 0 unspecified atom stereocenters. The van der Waals surface area contributed by atoms with Gasteiger partial charge < -0.3 is 4.74 Å². The molecule has 3 aromatic rings. The van der Waals surface area contributed by atoms with Gasteiger partial charge in [0, 0.05) is 13.0 Å². The fraction of sp³-hybridized carbons (Fsp3) is 0.333. The van der Waals surface area contributed by atoms with Gasteiger partial charge in [0.15, 0.2) is 0 Å². The lowest BCUT2D eigenvalue weighted by Gasteiger charge is -2.15. The molecule has 1 aliphatic rings. The first-order chi connectivity index (χ1) is 16.1. The highest BCUT2D eigenvalue weighted by molar-refractivity contribution is 6.21. The number of imidazole rings is 1. The molecule has 2 aromatic carbocycles. The van der Waals surface area contributed by atoms with Crippen LogP contribution in [0.3, 0.4) is 0 Å². The van der Waals surface area contributed by atoms with E-state index >= 15 is 0 Å². The van der Waals surface area contributed by atoms with E-state index in [4.69, 9.17) is 4.74 Å². The second-order valence-electron chi connectivity index (χ2n) is 9.73. The summed E-state index contributed by atoms with van der Waals surface area (Å²) in [6, 6.07) is 15.2. The van der Waals surface area contributed by atoms with Crippen LogP contribution in [0.25, 0.3) is 0 Å². The van der Waals surface area contributed by atoms with Crippen LogP contribution in [0.4, 0.5) is 0 Å². The van der Waals surface area contributed by atoms with Crippen molar-refractivity contribution in [1.82, 2.24) is 9.47 Å². The molecule has 0 radical (unpaired) electrons. The van der Waals surface area contributed by atoms with Crippen molar-refractivity contribution in [2.24, 2.45) is 5.41 Å². The minimum atomic E-state index is -0.584. The van der Waals surface area contributed by atoms with E-state index in [1.54, 1.807) is 24.3 Å². The molecule has 176 valence electrons. The molecule has 1 aliphatic heterocycles. The molecule has 34 heavy (non-hydrogen) atoms. The zero-order chi connectivity index (χ0) is 24.5. The van der Waals surface area contributed by atoms with Crippen LogP contribution in [0.5, 0.6) is 0 Å². The van der Waals surface area contributed by atoms with E-state index in [0.29, 0.717) is 24.1 Å². The molecule has 0 bridgehead atoms. The topological polar surface area (TPSA) is 72.5 Å². The normalized spacial score (nSPS) is 13.4. The van der Waals surface area contributed by atoms with Crippen LogP contribution in [-0.2, 0) is 29.2 Å². The number of hydrogen-bond donors (Lipinski definition) is 0. The number of fused-ring (bicyclic) bond motifs is 1. The molecule has 7 heteroatoms. The number of aryl methyl sites for hydroxylation is 1. The zero-order valence-electron chi connectivity index (χ0n) is 20.1. The minimum Gasteiger partial charge on any atom is -0.424 e. The van der Waals surface area contributed by atoms with Crippen LogP contribution < -0.4 is 4.57 Å². The predicted octanol–water partition coefficient (Wildman–Crippen LogP) is 3.52. The van der Waals surface area contributed by atoms with Gasteiger partial charge in [-0.15, -0.1) is 0 Å². The van der Waals surface area contributed by atoms with Gasteiger partial charge in [-0.2, -0.15) is 0 Å². The summed E-state index contributed by atoms with van der Waals surface area (Å²) in [6.45, 7) is 8.48. The van der Waals surface area contributed by atoms with Crippen molar-refractivity contribution in [3.05, 3.63) is 89.0 Å². The molecule has 0 aliphatic carbocycles. The van der Waals surface area contributed by atoms with E-state index in [0.717, 1.165) is 11.3 Å². The standard InChI is InChI=1S/C27H30N3O4/c1-19-9-11-20(12-10-19)15-29-17-28(18-34-26(33)27(2,3)4)16-21(29)13-14-30-24(31)22-7-5-6-8-23(22)25(30)32/h5-12,16-17H,13-15,18H2,1-4H3/q+1. The summed E-state index contributed by atoms with van der Waals surface area (Å²) in [5.41, 5.74) is 3.56. The van der Waals surface area contributed by atoms with E-state index in [-0.39, 0.29) is 31.1 Å². The Morgan fingerprint density at radius 2 is 1.59 bits per heavy atom. The third-order valence-electron chi connectivity index (χ3n) is 5.87. The number of esters is 1. The maximum atomic E-state index is 12.7. The molecule has 4 rings (SSSR count). The molecule has 7 nitrogen and oxygen atoms in total. The van der Waals surface area contributed by atoms with Crippen LogP contribution in [0.15, 0.2) is 61.1 Å². The summed E-state index contributed by atoms with van der Waals surface area (Å²) in [6.07, 6.45) is 4.29. The number of benzene rings is 2. The van der Waals surface area contributed by atoms with Crippen molar-refractivity contribution in [2.45, 2.75) is 47.4 Å². The third kappa shape index (κ3) is 4.93. The first-order valence-corrected chi connectivity index (χ1v) is 11.4. The van der Waals surface area contributed by atoms with E-state index in [1.807, 2.05) is 44.8 Å². The molecule has 0 spiro atoms. The Morgan fingerprint density at radius 1 is 0.971 bits per heavy atom. The van der Waals surface area contributed by atoms with Crippen molar-refractivity contribution in [1.29, 1.82) is 0 Å². The van der Waals surface area contributed by atoms with Crippen LogP contribution in [0.2, 0.25) is 0 Å². The van der Waals surface area contributed by atoms with Crippen molar-refractivity contribution < 1.29 is 23.7 Å². The number of aromatic nitrogens is 2. The number of imide groups is 1. The Kier molecular flexibility index (Phi) is 6.37. The van der Waals surface area contributed by atoms with Gasteiger partial charge in [0.05, 0.1) is 16.5 Å². The van der Waals surface area contributed by atoms with Gasteiger partial charge in [0.25, 0.3) is 11.8 Å². The molecule has 0 saturated heterocycles. The zero-order valence-corrected chi connectivity index (χ0v) is 20.1. The maximum Gasteiger partial charge on any atom is 0.314 e. The average Bonchev–Trinajstić information content (AvgIpc) is 3.29. The Morgan fingerprint density at radius 3 is 2.18 bits per heavy atom. The summed E-state index contributed by atoms with van der Waals surface area (Å²) in [5.74, 6) is -0.799. The van der Waals surface area contributed by atoms with Crippen LogP contribution in [0, 0.1) is 12.3 Å². The quantitative estimate of drug-likeness (QED) is 0.307. The molecular formula is C27H30N3O4+. The smallest absolute Gasteiger partial charge is 0.314 e. The molecule has 2 amide bonds. The fourth-order valence-corrected chi connectivity index (χ4v) is 3.88. The second-order valence-corrected chi connectivity index (χ2v) is 9.73. The van der Waals surface area contributed by atoms with E-state index in [2.05, 4.69) is 28.8 Å². The third-order valence-corrected chi connectivity index (χ3v) is 5.87. The molecule has 0 N–H and O–H groups in total. The first-order valence-electron chi connectivity index (χ1n) is 11.4. The van der Waals surface area contributed by atoms with Crippen LogP contribution in [0.1, 0.15) is 58.3 Å². The van der Waals surface area contributed by atoms with Gasteiger partial charge in [0.1, 0.15) is 18.4 Å². The number of amides is 2. The monoisotopic (exact) mass is 460 g/mol. The van der Waals surface area contributed by atoms with Gasteiger partial charge in [0.2, 0.25) is 13.1 Å². The fourth-order valence-electron chi connectivity index (χ4n) is 3.88. The van der Waals surface area contributed by atoms with Crippen molar-refractivity contribution in [3.63, 3.8) is 0 Å². The van der Waals surface area contributed by atoms with Gasteiger partial charge in [-0.1, -0.05) is 42.0 Å². The van der Waals surface area contributed by atoms with Crippen LogP contribution in [-0.4, -0.2) is 33.8 Å². The van der Waals surface area contributed by atoms with Gasteiger partial charge in [-0.3, -0.25) is 19.3 Å². The largest absolute Gasteiger partial charge is 0.424 e. The highest BCUT2D eigenvalue weighted by Gasteiger charge is 2.35. The summed E-state index contributed by atoms with van der Waals surface area (Å²) >= 11 is 0. The Bertz CT molecular complexity index is 1200. The maximum absolute atomic E-state index is 12.7. The molecule has 0 atom stereocenters. The average molecular weight is 461 g/mol. The van der Waals surface area contributed by atoms with Crippen LogP contribution >= 0.6 is 0 Å². The molecule has 1 aromatic heterocycles. The van der Waals surface area contributed by atoms with E-state index in [1.165, 1.54) is 10.5 Å². The minimum absolute atomic E-state index is 0.0943. The first kappa shape index (κ1) is 23.4. The van der Waals surface area contributed by atoms with Gasteiger partial charge in [-0.05, 0) is 45.4 Å². The Hall–Kier alpha value is -3.74. The number of carbonyl (C=O) groups is 3. The summed E-state index contributed by atoms with van der Waals surface area (Å²) < 4.78 is 9.35. The summed E-state index contributed by atoms with van der Waals surface area (Å²) in [7, 11) is 0. The SMILES string of the molecule is Cc1ccc(Cn2c[n+](COC(=O)C(C)(C)C)cc2CCN2C(=O)c3ccccc3C2=O)cc1. The number of rotatable bonds is 7. The summed E-state index contributed by atoms with van der Waals surface area (Å²) in [4.78, 5) is 39.0. The summed E-state index contributed by atoms with van der Waals surface area (Å²) in [5, 5.41) is 0. The molecular weight excluding hydrogens is 430 g/mol. The second kappa shape index (κ2) is 9.25. The van der Waals surface area contributed by atoms with Crippen molar-refractivity contribution in [2.75, 3.05) is 6.54 Å². The van der Waals surface area contributed by atoms with Gasteiger partial charge in [-0.25, -0.2) is 9.13 Å². The van der Waals surface area contributed by atoms with Crippen molar-refractivity contribution in [3.8, 4) is 0 Å². The molecule has 0 saturated carbocycles. The number of ether oxygens (including phenoxy) is 1. The lowest BCUT2D eigenvalue weighted by atomic mass is 9.98. The van der Waals surface area contributed by atoms with Crippen molar-refractivity contribution >= 4 is 17.8 Å². The van der Waals surface area contributed by atoms with E-state index in [9.17, 15) is 14.4 Å². The Labute approximate surface area is 199 Å². The predicted molar refractivity (Wildman–Crippen MR) is 126 cm³/mol. The van der Waals surface area contributed by atoms with Gasteiger partial charge >= 0.3 is 5.97 Å². The van der Waals surface area contributed by atoms with E-state index < -0.39 is 5.41 Å². The molecule has 2 heterocycles. The number of carbonyl (C=O) groups excluding carboxylic acids is 3. The highest BCUT2D eigenvalue weighted by atomic mass is 16.5. The molecule has 0 fully saturated rings. The lowest BCUT2D eigenvalue weighted by molar-refractivity contribution is -0.727. The Balaban J connectivity index is 1.53.